The fraction of sp³-hybridized carbons (Fsp3) is 0.333. The Morgan fingerprint density at radius 3 is 2.95 bits per heavy atom. The van der Waals surface area contributed by atoms with E-state index < -0.39 is 0 Å². The van der Waals surface area contributed by atoms with Crippen LogP contribution in [0.3, 0.4) is 0 Å². The monoisotopic (exact) mass is 339 g/mol. The Morgan fingerprint density at radius 2 is 2.20 bits per heavy atom. The summed E-state index contributed by atoms with van der Waals surface area (Å²) in [5, 5.41) is 3.42. The van der Waals surface area contributed by atoms with Gasteiger partial charge in [0, 0.05) is 22.6 Å². The van der Waals surface area contributed by atoms with E-state index in [1.54, 1.807) is 18.4 Å². The molecule has 1 aliphatic rings. The van der Waals surface area contributed by atoms with Gasteiger partial charge in [0.15, 0.2) is 11.6 Å². The minimum Gasteiger partial charge on any atom is -0.483 e. The SMILES string of the molecule is Fc1cc(Br)ccc1OCc1occc1CNC1CC1. The molecular formula is C15H15BrFNO2. The molecule has 3 rings (SSSR count). The molecule has 0 amide bonds. The van der Waals surface area contributed by atoms with Gasteiger partial charge in [0.2, 0.25) is 0 Å². The summed E-state index contributed by atoms with van der Waals surface area (Å²) in [5.41, 5.74) is 1.06. The molecule has 0 spiro atoms. The third-order valence-corrected chi connectivity index (χ3v) is 3.74. The number of hydrogen-bond acceptors (Lipinski definition) is 3. The van der Waals surface area contributed by atoms with Gasteiger partial charge in [-0.05, 0) is 37.1 Å². The second-order valence-electron chi connectivity index (χ2n) is 4.89. The van der Waals surface area contributed by atoms with Crippen LogP contribution in [0.2, 0.25) is 0 Å². The average molecular weight is 340 g/mol. The Hall–Kier alpha value is -1.33. The Bertz CT molecular complexity index is 595. The first-order valence-electron chi connectivity index (χ1n) is 6.59. The summed E-state index contributed by atoms with van der Waals surface area (Å²) in [6.45, 7) is 0.996. The molecule has 0 radical (unpaired) electrons. The van der Waals surface area contributed by atoms with Crippen molar-refractivity contribution in [3.63, 3.8) is 0 Å². The first-order valence-corrected chi connectivity index (χ1v) is 7.38. The predicted molar refractivity (Wildman–Crippen MR) is 77.0 cm³/mol. The van der Waals surface area contributed by atoms with E-state index in [4.69, 9.17) is 9.15 Å². The van der Waals surface area contributed by atoms with Crippen molar-refractivity contribution in [3.05, 3.63) is 52.1 Å². The van der Waals surface area contributed by atoms with Crippen LogP contribution in [-0.4, -0.2) is 6.04 Å². The van der Waals surface area contributed by atoms with Gasteiger partial charge in [-0.3, -0.25) is 0 Å². The maximum atomic E-state index is 13.6. The van der Waals surface area contributed by atoms with Crippen molar-refractivity contribution in [2.24, 2.45) is 0 Å². The molecule has 0 saturated heterocycles. The largest absolute Gasteiger partial charge is 0.483 e. The van der Waals surface area contributed by atoms with Crippen LogP contribution in [-0.2, 0) is 13.2 Å². The van der Waals surface area contributed by atoms with Crippen molar-refractivity contribution < 1.29 is 13.5 Å². The number of furan rings is 1. The smallest absolute Gasteiger partial charge is 0.166 e. The van der Waals surface area contributed by atoms with E-state index in [-0.39, 0.29) is 18.2 Å². The molecule has 1 N–H and O–H groups in total. The normalized spacial score (nSPS) is 14.5. The van der Waals surface area contributed by atoms with Crippen molar-refractivity contribution >= 4 is 15.9 Å². The van der Waals surface area contributed by atoms with Crippen molar-refractivity contribution in [2.75, 3.05) is 0 Å². The molecule has 0 atom stereocenters. The molecule has 1 aromatic carbocycles. The average Bonchev–Trinajstić information content (AvgIpc) is 3.14. The maximum absolute atomic E-state index is 13.6. The summed E-state index contributed by atoms with van der Waals surface area (Å²) in [7, 11) is 0. The van der Waals surface area contributed by atoms with Gasteiger partial charge in [-0.15, -0.1) is 0 Å². The zero-order valence-electron chi connectivity index (χ0n) is 10.9. The lowest BCUT2D eigenvalue weighted by molar-refractivity contribution is 0.256. The van der Waals surface area contributed by atoms with Crippen LogP contribution in [0.4, 0.5) is 4.39 Å². The van der Waals surface area contributed by atoms with Crippen LogP contribution in [0, 0.1) is 5.82 Å². The van der Waals surface area contributed by atoms with Crippen molar-refractivity contribution in [2.45, 2.75) is 32.0 Å². The summed E-state index contributed by atoms with van der Waals surface area (Å²) in [4.78, 5) is 0. The van der Waals surface area contributed by atoms with Crippen molar-refractivity contribution in [1.29, 1.82) is 0 Å². The molecule has 1 saturated carbocycles. The molecule has 3 nitrogen and oxygen atoms in total. The Labute approximate surface area is 125 Å². The molecule has 5 heteroatoms. The van der Waals surface area contributed by atoms with Gasteiger partial charge in [0.25, 0.3) is 0 Å². The Morgan fingerprint density at radius 1 is 1.35 bits per heavy atom. The van der Waals surface area contributed by atoms with Gasteiger partial charge >= 0.3 is 0 Å². The number of benzene rings is 1. The highest BCUT2D eigenvalue weighted by atomic mass is 79.9. The molecule has 1 aliphatic carbocycles. The molecule has 0 unspecified atom stereocenters. The van der Waals surface area contributed by atoms with E-state index in [0.717, 1.165) is 17.9 Å². The Kier molecular flexibility index (Phi) is 4.08. The summed E-state index contributed by atoms with van der Waals surface area (Å²) in [6, 6.07) is 7.29. The van der Waals surface area contributed by atoms with E-state index in [2.05, 4.69) is 21.2 Å². The molecule has 0 aliphatic heterocycles. The maximum Gasteiger partial charge on any atom is 0.166 e. The highest BCUT2D eigenvalue weighted by Gasteiger charge is 2.21. The Balaban J connectivity index is 1.61. The third kappa shape index (κ3) is 3.41. The molecule has 20 heavy (non-hydrogen) atoms. The quantitative estimate of drug-likeness (QED) is 0.863. The molecule has 0 bridgehead atoms. The lowest BCUT2D eigenvalue weighted by Gasteiger charge is -2.08. The topological polar surface area (TPSA) is 34.4 Å². The molecule has 1 heterocycles. The van der Waals surface area contributed by atoms with Crippen LogP contribution >= 0.6 is 15.9 Å². The second kappa shape index (κ2) is 5.97. The number of rotatable bonds is 6. The summed E-state index contributed by atoms with van der Waals surface area (Å²) in [5.74, 6) is 0.578. The lowest BCUT2D eigenvalue weighted by Crippen LogP contribution is -2.16. The summed E-state index contributed by atoms with van der Waals surface area (Å²) >= 11 is 3.22. The number of nitrogens with one attached hydrogen (secondary N) is 1. The predicted octanol–water partition coefficient (Wildman–Crippen LogP) is 4.01. The van der Waals surface area contributed by atoms with Crippen molar-refractivity contribution in [1.82, 2.24) is 5.32 Å². The van der Waals surface area contributed by atoms with Gasteiger partial charge in [-0.2, -0.15) is 0 Å². The van der Waals surface area contributed by atoms with E-state index in [1.807, 2.05) is 6.07 Å². The minimum atomic E-state index is -0.386. The minimum absolute atomic E-state index is 0.228. The molecular weight excluding hydrogens is 325 g/mol. The standard InChI is InChI=1S/C15H15BrFNO2/c16-11-1-4-14(13(17)7-11)20-9-15-10(5-6-19-15)8-18-12-2-3-12/h1,4-7,12,18H,2-3,8-9H2. The molecule has 2 aromatic rings. The molecule has 1 fully saturated rings. The fourth-order valence-electron chi connectivity index (χ4n) is 1.93. The fourth-order valence-corrected chi connectivity index (χ4v) is 2.26. The van der Waals surface area contributed by atoms with Crippen LogP contribution in [0.1, 0.15) is 24.2 Å². The van der Waals surface area contributed by atoms with Gasteiger partial charge in [-0.25, -0.2) is 4.39 Å². The van der Waals surface area contributed by atoms with Crippen molar-refractivity contribution in [3.8, 4) is 5.75 Å². The first-order chi connectivity index (χ1) is 9.72. The van der Waals surface area contributed by atoms with E-state index in [1.165, 1.54) is 18.9 Å². The van der Waals surface area contributed by atoms with Crippen LogP contribution in [0.15, 0.2) is 39.4 Å². The third-order valence-electron chi connectivity index (χ3n) is 3.25. The number of hydrogen-bond donors (Lipinski definition) is 1. The van der Waals surface area contributed by atoms with E-state index in [0.29, 0.717) is 10.5 Å². The van der Waals surface area contributed by atoms with Gasteiger partial charge in [-0.1, -0.05) is 15.9 Å². The van der Waals surface area contributed by atoms with E-state index in [9.17, 15) is 4.39 Å². The van der Waals surface area contributed by atoms with Crippen LogP contribution in [0.25, 0.3) is 0 Å². The zero-order chi connectivity index (χ0) is 13.9. The highest BCUT2D eigenvalue weighted by Crippen LogP contribution is 2.24. The van der Waals surface area contributed by atoms with Gasteiger partial charge in [0.1, 0.15) is 12.4 Å². The summed E-state index contributed by atoms with van der Waals surface area (Å²) < 4.78 is 25.2. The van der Waals surface area contributed by atoms with Gasteiger partial charge < -0.3 is 14.5 Å². The van der Waals surface area contributed by atoms with Gasteiger partial charge in [0.05, 0.1) is 6.26 Å². The second-order valence-corrected chi connectivity index (χ2v) is 5.80. The van der Waals surface area contributed by atoms with Crippen LogP contribution < -0.4 is 10.1 Å². The van der Waals surface area contributed by atoms with Crippen LogP contribution in [0.5, 0.6) is 5.75 Å². The summed E-state index contributed by atoms with van der Waals surface area (Å²) in [6.07, 6.45) is 4.13. The number of halogens is 2. The lowest BCUT2D eigenvalue weighted by atomic mass is 10.2. The number of ether oxygens (including phenoxy) is 1. The van der Waals surface area contributed by atoms with E-state index >= 15 is 0 Å². The zero-order valence-corrected chi connectivity index (χ0v) is 12.5. The highest BCUT2D eigenvalue weighted by molar-refractivity contribution is 9.10. The molecule has 1 aromatic heterocycles. The molecule has 106 valence electrons. The first kappa shape index (κ1) is 13.6.